The molecule has 0 amide bonds. The molecule has 0 aliphatic rings. The maximum atomic E-state index is 13.9. The number of hydrogen-bond acceptors (Lipinski definition) is 3. The maximum Gasteiger partial charge on any atom is 0.573 e. The molecule has 0 fully saturated rings. The lowest BCUT2D eigenvalue weighted by atomic mass is 9.96. The van der Waals surface area contributed by atoms with Gasteiger partial charge in [0.2, 0.25) is 0 Å². The highest BCUT2D eigenvalue weighted by molar-refractivity contribution is 5.85. The highest BCUT2D eigenvalue weighted by atomic mass is 35.5. The van der Waals surface area contributed by atoms with E-state index in [4.69, 9.17) is 5.73 Å². The lowest BCUT2D eigenvalue weighted by Crippen LogP contribution is -2.17. The standard InChI is InChI=1S/C15H13F4NO2.ClH/c1-8-2-7-11(16)12(14(8)21)13(20)9-3-5-10(6-4-9)22-15(17,18)19;/h2-7,13,21H,20H2,1H3;1H/t13-;/m1./s1. The Bertz CT molecular complexity index is 674. The average molecular weight is 352 g/mol. The number of phenols is 1. The number of benzene rings is 2. The van der Waals surface area contributed by atoms with Gasteiger partial charge in [-0.25, -0.2) is 4.39 Å². The molecule has 3 nitrogen and oxygen atoms in total. The number of halogens is 5. The predicted molar refractivity (Wildman–Crippen MR) is 79.2 cm³/mol. The topological polar surface area (TPSA) is 55.5 Å². The number of rotatable bonds is 3. The monoisotopic (exact) mass is 351 g/mol. The van der Waals surface area contributed by atoms with Crippen LogP contribution < -0.4 is 10.5 Å². The van der Waals surface area contributed by atoms with E-state index in [0.717, 1.165) is 12.1 Å². The van der Waals surface area contributed by atoms with E-state index in [0.29, 0.717) is 11.1 Å². The highest BCUT2D eigenvalue weighted by Gasteiger charge is 2.31. The Kier molecular flexibility index (Phi) is 5.85. The number of nitrogens with two attached hydrogens (primary N) is 1. The SMILES string of the molecule is Cc1ccc(F)c([C@H](N)c2ccc(OC(F)(F)F)cc2)c1O.Cl. The fraction of sp³-hybridized carbons (Fsp3) is 0.200. The molecule has 126 valence electrons. The van der Waals surface area contributed by atoms with Gasteiger partial charge in [0.15, 0.2) is 0 Å². The molecule has 0 heterocycles. The molecule has 8 heteroatoms. The summed E-state index contributed by atoms with van der Waals surface area (Å²) in [6.45, 7) is 1.59. The summed E-state index contributed by atoms with van der Waals surface area (Å²) in [5.41, 5.74) is 6.58. The Morgan fingerprint density at radius 1 is 1.09 bits per heavy atom. The van der Waals surface area contributed by atoms with Crippen LogP contribution in [0.15, 0.2) is 36.4 Å². The second-order valence-corrected chi connectivity index (χ2v) is 4.72. The van der Waals surface area contributed by atoms with Crippen LogP contribution in [0.25, 0.3) is 0 Å². The Balaban J connectivity index is 0.00000264. The first-order valence-electron chi connectivity index (χ1n) is 6.28. The fourth-order valence-corrected chi connectivity index (χ4v) is 2.03. The minimum absolute atomic E-state index is 0. The van der Waals surface area contributed by atoms with Gasteiger partial charge in [-0.2, -0.15) is 0 Å². The van der Waals surface area contributed by atoms with Gasteiger partial charge in [0.25, 0.3) is 0 Å². The van der Waals surface area contributed by atoms with Crippen LogP contribution in [0.3, 0.4) is 0 Å². The van der Waals surface area contributed by atoms with E-state index in [1.54, 1.807) is 6.92 Å². The highest BCUT2D eigenvalue weighted by Crippen LogP contribution is 2.33. The van der Waals surface area contributed by atoms with Crippen LogP contribution in [0.5, 0.6) is 11.5 Å². The number of ether oxygens (including phenoxy) is 1. The van der Waals surface area contributed by atoms with Crippen LogP contribution in [-0.4, -0.2) is 11.5 Å². The summed E-state index contributed by atoms with van der Waals surface area (Å²) in [4.78, 5) is 0. The first-order valence-corrected chi connectivity index (χ1v) is 6.28. The zero-order valence-corrected chi connectivity index (χ0v) is 12.7. The second kappa shape index (κ2) is 7.06. The van der Waals surface area contributed by atoms with E-state index in [1.165, 1.54) is 24.3 Å². The van der Waals surface area contributed by atoms with E-state index < -0.39 is 24.0 Å². The molecule has 0 spiro atoms. The lowest BCUT2D eigenvalue weighted by molar-refractivity contribution is -0.274. The Hall–Kier alpha value is -1.99. The minimum Gasteiger partial charge on any atom is -0.507 e. The van der Waals surface area contributed by atoms with Gasteiger partial charge in [-0.3, -0.25) is 0 Å². The van der Waals surface area contributed by atoms with E-state index in [2.05, 4.69) is 4.74 Å². The van der Waals surface area contributed by atoms with Crippen molar-refractivity contribution in [2.45, 2.75) is 19.3 Å². The van der Waals surface area contributed by atoms with Crippen molar-refractivity contribution in [3.05, 3.63) is 58.9 Å². The quantitative estimate of drug-likeness (QED) is 0.814. The molecule has 2 rings (SSSR count). The summed E-state index contributed by atoms with van der Waals surface area (Å²) in [6, 6.07) is 6.28. The summed E-state index contributed by atoms with van der Waals surface area (Å²) in [7, 11) is 0. The molecule has 23 heavy (non-hydrogen) atoms. The number of phenolic OH excluding ortho intramolecular Hbond substituents is 1. The number of aromatic hydroxyl groups is 1. The third-order valence-corrected chi connectivity index (χ3v) is 3.15. The van der Waals surface area contributed by atoms with Gasteiger partial charge in [-0.15, -0.1) is 25.6 Å². The van der Waals surface area contributed by atoms with Crippen molar-refractivity contribution in [3.8, 4) is 11.5 Å². The van der Waals surface area contributed by atoms with Gasteiger partial charge in [0, 0.05) is 0 Å². The van der Waals surface area contributed by atoms with Crippen LogP contribution in [0, 0.1) is 12.7 Å². The molecule has 0 aromatic heterocycles. The molecule has 1 atom stereocenters. The maximum absolute atomic E-state index is 13.9. The zero-order chi connectivity index (χ0) is 16.5. The summed E-state index contributed by atoms with van der Waals surface area (Å²) in [5.74, 6) is -1.37. The van der Waals surface area contributed by atoms with Crippen molar-refractivity contribution in [1.29, 1.82) is 0 Å². The smallest absolute Gasteiger partial charge is 0.507 e. The minimum atomic E-state index is -4.79. The Labute approximate surface area is 136 Å². The van der Waals surface area contributed by atoms with Crippen molar-refractivity contribution in [1.82, 2.24) is 0 Å². The summed E-state index contributed by atoms with van der Waals surface area (Å²) >= 11 is 0. The summed E-state index contributed by atoms with van der Waals surface area (Å²) in [5, 5.41) is 9.92. The van der Waals surface area contributed by atoms with Crippen LogP contribution >= 0.6 is 12.4 Å². The summed E-state index contributed by atoms with van der Waals surface area (Å²) < 4.78 is 53.9. The van der Waals surface area contributed by atoms with Crippen molar-refractivity contribution >= 4 is 12.4 Å². The van der Waals surface area contributed by atoms with Gasteiger partial charge >= 0.3 is 6.36 Å². The largest absolute Gasteiger partial charge is 0.573 e. The molecule has 3 N–H and O–H groups in total. The molecule has 0 aliphatic heterocycles. The second-order valence-electron chi connectivity index (χ2n) is 4.72. The van der Waals surface area contributed by atoms with E-state index >= 15 is 0 Å². The van der Waals surface area contributed by atoms with Gasteiger partial charge in [-0.1, -0.05) is 18.2 Å². The fourth-order valence-electron chi connectivity index (χ4n) is 2.03. The third-order valence-electron chi connectivity index (χ3n) is 3.15. The molecule has 0 unspecified atom stereocenters. The number of hydrogen-bond donors (Lipinski definition) is 2. The van der Waals surface area contributed by atoms with Gasteiger partial charge < -0.3 is 15.6 Å². The number of alkyl halides is 3. The molecule has 0 saturated carbocycles. The van der Waals surface area contributed by atoms with Crippen molar-refractivity contribution in [2.24, 2.45) is 5.73 Å². The molecule has 0 saturated heterocycles. The zero-order valence-electron chi connectivity index (χ0n) is 11.9. The van der Waals surface area contributed by atoms with Gasteiger partial charge in [0.05, 0.1) is 11.6 Å². The predicted octanol–water partition coefficient (Wildman–Crippen LogP) is 4.21. The third kappa shape index (κ3) is 4.49. The van der Waals surface area contributed by atoms with Crippen molar-refractivity contribution in [3.63, 3.8) is 0 Å². The van der Waals surface area contributed by atoms with Gasteiger partial charge in [0.1, 0.15) is 17.3 Å². The molecule has 0 radical (unpaired) electrons. The van der Waals surface area contributed by atoms with E-state index in [1.807, 2.05) is 0 Å². The molecule has 0 aliphatic carbocycles. The van der Waals surface area contributed by atoms with Crippen molar-refractivity contribution in [2.75, 3.05) is 0 Å². The molecular weight excluding hydrogens is 338 g/mol. The molecule has 2 aromatic rings. The Morgan fingerprint density at radius 2 is 1.65 bits per heavy atom. The van der Waals surface area contributed by atoms with Gasteiger partial charge in [-0.05, 0) is 36.2 Å². The van der Waals surface area contributed by atoms with Crippen LogP contribution in [0.4, 0.5) is 17.6 Å². The van der Waals surface area contributed by atoms with E-state index in [9.17, 15) is 22.7 Å². The van der Waals surface area contributed by atoms with E-state index in [-0.39, 0.29) is 23.7 Å². The van der Waals surface area contributed by atoms with Crippen LogP contribution in [0.1, 0.15) is 22.7 Å². The first kappa shape index (κ1) is 19.1. The lowest BCUT2D eigenvalue weighted by Gasteiger charge is -2.17. The number of aryl methyl sites for hydroxylation is 1. The molecule has 2 aromatic carbocycles. The van der Waals surface area contributed by atoms with Crippen molar-refractivity contribution < 1.29 is 27.4 Å². The first-order chi connectivity index (χ1) is 10.2. The molecule has 0 bridgehead atoms. The van der Waals surface area contributed by atoms with Crippen LogP contribution in [-0.2, 0) is 0 Å². The molecular formula is C15H14ClF4NO2. The average Bonchev–Trinajstić information content (AvgIpc) is 2.42. The summed E-state index contributed by atoms with van der Waals surface area (Å²) in [6.07, 6.45) is -4.79. The Morgan fingerprint density at radius 3 is 2.17 bits per heavy atom. The normalized spacial score (nSPS) is 12.4. The van der Waals surface area contributed by atoms with Crippen LogP contribution in [0.2, 0.25) is 0 Å².